The van der Waals surface area contributed by atoms with Crippen molar-refractivity contribution in [3.63, 3.8) is 0 Å². The van der Waals surface area contributed by atoms with E-state index in [9.17, 15) is 22.4 Å². The fourth-order valence-corrected chi connectivity index (χ4v) is 7.94. The number of nitrogens with zero attached hydrogens (tertiary/aromatic N) is 3. The van der Waals surface area contributed by atoms with Gasteiger partial charge in [-0.2, -0.15) is 4.31 Å². The summed E-state index contributed by atoms with van der Waals surface area (Å²) in [6.45, 7) is 8.62. The second-order valence-corrected chi connectivity index (χ2v) is 13.4. The summed E-state index contributed by atoms with van der Waals surface area (Å²) >= 11 is 0. The number of aryl methyl sites for hydroxylation is 2. The number of piperazine rings is 1. The summed E-state index contributed by atoms with van der Waals surface area (Å²) in [5, 5.41) is 0. The van der Waals surface area contributed by atoms with E-state index in [1.807, 2.05) is 13.0 Å². The molecule has 220 valence electrons. The van der Waals surface area contributed by atoms with Crippen LogP contribution in [-0.4, -0.2) is 79.3 Å². The average molecular weight is 583 g/mol. The number of primary amides is 1. The van der Waals surface area contributed by atoms with Gasteiger partial charge in [0, 0.05) is 32.7 Å². The van der Waals surface area contributed by atoms with Crippen LogP contribution in [0.2, 0.25) is 0 Å². The van der Waals surface area contributed by atoms with E-state index in [0.717, 1.165) is 64.5 Å². The third-order valence-electron chi connectivity index (χ3n) is 8.64. The molecule has 41 heavy (non-hydrogen) atoms. The molecule has 2 atom stereocenters. The highest BCUT2D eigenvalue weighted by Gasteiger charge is 2.45. The lowest BCUT2D eigenvalue weighted by Crippen LogP contribution is -2.60. The highest BCUT2D eigenvalue weighted by Crippen LogP contribution is 2.38. The number of hydrogen-bond acceptors (Lipinski definition) is 5. The van der Waals surface area contributed by atoms with Crippen LogP contribution >= 0.6 is 0 Å². The minimum atomic E-state index is -4.01. The molecule has 2 N–H and O–H groups in total. The number of carbonyl (C=O) groups excluding carboxylic acids is 2. The molecule has 0 spiro atoms. The maximum absolute atomic E-state index is 13.9. The number of amides is 2. The quantitative estimate of drug-likeness (QED) is 0.512. The largest absolute Gasteiger partial charge is 0.370 e. The monoisotopic (exact) mass is 582 g/mol. The van der Waals surface area contributed by atoms with Crippen molar-refractivity contribution in [1.82, 2.24) is 14.1 Å². The van der Waals surface area contributed by atoms with Crippen LogP contribution in [0.5, 0.6) is 0 Å². The molecule has 2 aromatic rings. The molecule has 0 bridgehead atoms. The molecular weight excluding hydrogens is 543 g/mol. The van der Waals surface area contributed by atoms with Crippen molar-refractivity contribution < 1.29 is 22.4 Å². The van der Waals surface area contributed by atoms with Gasteiger partial charge in [0.2, 0.25) is 21.8 Å². The molecule has 2 saturated heterocycles. The number of halogens is 1. The van der Waals surface area contributed by atoms with Gasteiger partial charge in [0.1, 0.15) is 12.2 Å². The van der Waals surface area contributed by atoms with Gasteiger partial charge in [0.05, 0.1) is 17.4 Å². The van der Waals surface area contributed by atoms with Crippen LogP contribution in [0.4, 0.5) is 4.39 Å². The Hall–Kier alpha value is -3.08. The number of fused-ring (bicyclic) bond motifs is 1. The van der Waals surface area contributed by atoms with Crippen LogP contribution < -0.4 is 5.73 Å². The summed E-state index contributed by atoms with van der Waals surface area (Å²) in [5.74, 6) is -1.12. The Labute approximate surface area is 242 Å². The Morgan fingerprint density at radius 2 is 1.76 bits per heavy atom. The van der Waals surface area contributed by atoms with E-state index in [1.165, 1.54) is 12.1 Å². The lowest BCUT2D eigenvalue weighted by atomic mass is 9.84. The first-order valence-electron chi connectivity index (χ1n) is 14.4. The summed E-state index contributed by atoms with van der Waals surface area (Å²) in [5.41, 5.74) is 10.7. The molecule has 2 aromatic carbocycles. The van der Waals surface area contributed by atoms with Gasteiger partial charge in [-0.15, -0.1) is 0 Å². The van der Waals surface area contributed by atoms with Crippen molar-refractivity contribution in [2.75, 3.05) is 32.7 Å². The third-order valence-corrected chi connectivity index (χ3v) is 10.6. The molecule has 3 aliphatic rings. The third kappa shape index (κ3) is 6.24. The van der Waals surface area contributed by atoms with Crippen LogP contribution in [0.3, 0.4) is 0 Å². The summed E-state index contributed by atoms with van der Waals surface area (Å²) < 4.78 is 41.8. The molecule has 0 aromatic heterocycles. The first-order valence-corrected chi connectivity index (χ1v) is 15.8. The molecule has 1 unspecified atom stereocenters. The zero-order valence-electron chi connectivity index (χ0n) is 23.6. The molecule has 0 radical (unpaired) electrons. The number of carbonyl (C=O) groups is 2. The Kier molecular flexibility index (Phi) is 8.63. The van der Waals surface area contributed by atoms with Crippen LogP contribution in [-0.2, 0) is 26.0 Å². The number of rotatable bonds is 8. The van der Waals surface area contributed by atoms with Crippen molar-refractivity contribution in [1.29, 1.82) is 0 Å². The predicted molar refractivity (Wildman–Crippen MR) is 156 cm³/mol. The number of sulfonamides is 1. The molecule has 0 saturated carbocycles. The molecule has 5 rings (SSSR count). The number of piperidine rings is 1. The lowest BCUT2D eigenvalue weighted by molar-refractivity contribution is -0.144. The Morgan fingerprint density at radius 3 is 2.44 bits per heavy atom. The molecule has 8 nitrogen and oxygen atoms in total. The van der Waals surface area contributed by atoms with Crippen molar-refractivity contribution in [2.45, 2.75) is 68.6 Å². The maximum atomic E-state index is 13.9. The second-order valence-electron chi connectivity index (χ2n) is 11.5. The van der Waals surface area contributed by atoms with Gasteiger partial charge in [-0.3, -0.25) is 14.5 Å². The standard InChI is InChI=1S/C31H39FN4O4S/c1-21-6-9-26(10-7-21)41(39,40)36-17-16-35(31(38)29(36)19-30(33)37)28-5-3-4-24-18-23(8-11-27(24)28)22(2)20-34-14-12-25(32)13-15-34/h6-11,18,25,28-29H,2-5,12-17,19-20H2,1H3,(H2,33,37)/t28-,29?/m1/s1. The minimum Gasteiger partial charge on any atom is -0.370 e. The molecule has 2 aliphatic heterocycles. The van der Waals surface area contributed by atoms with E-state index >= 15 is 0 Å². The fraction of sp³-hybridized carbons (Fsp3) is 0.484. The topological polar surface area (TPSA) is 104 Å². The van der Waals surface area contributed by atoms with Gasteiger partial charge in [-0.1, -0.05) is 42.5 Å². The predicted octanol–water partition coefficient (Wildman–Crippen LogP) is 3.60. The van der Waals surface area contributed by atoms with Gasteiger partial charge >= 0.3 is 0 Å². The van der Waals surface area contributed by atoms with E-state index in [1.54, 1.807) is 17.0 Å². The van der Waals surface area contributed by atoms with E-state index < -0.39 is 34.1 Å². The minimum absolute atomic E-state index is 0.0796. The zero-order chi connectivity index (χ0) is 29.3. The molecule has 2 amide bonds. The van der Waals surface area contributed by atoms with Crippen LogP contribution in [0.15, 0.2) is 53.9 Å². The van der Waals surface area contributed by atoms with E-state index in [-0.39, 0.29) is 30.4 Å². The number of benzene rings is 2. The molecule has 2 fully saturated rings. The Balaban J connectivity index is 1.36. The van der Waals surface area contributed by atoms with Crippen molar-refractivity contribution >= 4 is 27.4 Å². The van der Waals surface area contributed by atoms with E-state index in [0.29, 0.717) is 19.4 Å². The Bertz CT molecular complexity index is 1420. The number of alkyl halides is 1. The van der Waals surface area contributed by atoms with Gasteiger partial charge in [0.25, 0.3) is 0 Å². The average Bonchev–Trinajstić information content (AvgIpc) is 2.94. The zero-order valence-corrected chi connectivity index (χ0v) is 24.4. The van der Waals surface area contributed by atoms with Crippen LogP contribution in [0.25, 0.3) is 5.57 Å². The fourth-order valence-electron chi connectivity index (χ4n) is 6.36. The van der Waals surface area contributed by atoms with Crippen molar-refractivity contribution in [3.05, 3.63) is 71.3 Å². The van der Waals surface area contributed by atoms with Gasteiger partial charge in [0.15, 0.2) is 0 Å². The summed E-state index contributed by atoms with van der Waals surface area (Å²) in [4.78, 5) is 30.0. The highest BCUT2D eigenvalue weighted by atomic mass is 32.2. The number of likely N-dealkylation sites (tertiary alicyclic amines) is 1. The van der Waals surface area contributed by atoms with Gasteiger partial charge < -0.3 is 10.6 Å². The van der Waals surface area contributed by atoms with Gasteiger partial charge in [-0.05, 0) is 73.4 Å². The second kappa shape index (κ2) is 12.0. The summed E-state index contributed by atoms with van der Waals surface area (Å²) in [6.07, 6.45) is 2.54. The Morgan fingerprint density at radius 1 is 1.05 bits per heavy atom. The SMILES string of the molecule is C=C(CN1CCC(F)CC1)c1ccc2c(c1)CCC[C@H]2N1CCN(S(=O)(=O)c2ccc(C)cc2)C(CC(N)=O)C1=O. The normalized spacial score (nSPS) is 22.9. The van der Waals surface area contributed by atoms with Gasteiger partial charge in [-0.25, -0.2) is 12.8 Å². The van der Waals surface area contributed by atoms with Crippen LogP contribution in [0, 0.1) is 6.92 Å². The van der Waals surface area contributed by atoms with Crippen molar-refractivity contribution in [3.8, 4) is 0 Å². The van der Waals surface area contributed by atoms with Crippen LogP contribution in [0.1, 0.15) is 60.4 Å². The van der Waals surface area contributed by atoms with E-state index in [2.05, 4.69) is 23.6 Å². The van der Waals surface area contributed by atoms with Crippen molar-refractivity contribution in [2.24, 2.45) is 5.73 Å². The molecule has 1 aliphatic carbocycles. The smallest absolute Gasteiger partial charge is 0.243 e. The molecule has 10 heteroatoms. The first kappa shape index (κ1) is 29.4. The first-order chi connectivity index (χ1) is 19.5. The molecule has 2 heterocycles. The number of hydrogen-bond donors (Lipinski definition) is 1. The van der Waals surface area contributed by atoms with E-state index in [4.69, 9.17) is 5.73 Å². The number of nitrogens with two attached hydrogens (primary N) is 1. The summed E-state index contributed by atoms with van der Waals surface area (Å²) in [7, 11) is -4.01. The summed E-state index contributed by atoms with van der Waals surface area (Å²) in [6, 6.07) is 11.3. The molecular formula is C31H39FN4O4S. The lowest BCUT2D eigenvalue weighted by Gasteiger charge is -2.44. The highest BCUT2D eigenvalue weighted by molar-refractivity contribution is 7.89. The maximum Gasteiger partial charge on any atom is 0.243 e.